The van der Waals surface area contributed by atoms with Crippen LogP contribution < -0.4 is 10.0 Å². The molecule has 0 fully saturated rings. The second-order valence-electron chi connectivity index (χ2n) is 7.44. The Morgan fingerprint density at radius 2 is 1.58 bits per heavy atom. The van der Waals surface area contributed by atoms with E-state index in [2.05, 4.69) is 10.0 Å². The monoisotopic (exact) mass is 466 g/mol. The lowest BCUT2D eigenvalue weighted by atomic mass is 9.95. The van der Waals surface area contributed by atoms with Crippen LogP contribution in [0.25, 0.3) is 0 Å². The molecule has 7 nitrogen and oxygen atoms in total. The standard InChI is InChI=1S/C22H30N2O5S2/c1-14-15(2)17(4)22(18(5)16(14)3)31(27,28)24-11-9-21(26)29-13-20(25)23-10-8-19-7-6-12-30-19/h6-7,12,24H,8-11,13H2,1-5H3,(H,23,25). The number of hydrogen-bond acceptors (Lipinski definition) is 6. The molecule has 0 aliphatic rings. The Hall–Kier alpha value is -2.23. The molecule has 0 saturated carbocycles. The lowest BCUT2D eigenvalue weighted by Crippen LogP contribution is -2.32. The molecule has 2 aromatic rings. The zero-order valence-corrected chi connectivity index (χ0v) is 20.3. The van der Waals surface area contributed by atoms with Gasteiger partial charge in [0.25, 0.3) is 5.91 Å². The highest BCUT2D eigenvalue weighted by Crippen LogP contribution is 2.29. The molecule has 31 heavy (non-hydrogen) atoms. The summed E-state index contributed by atoms with van der Waals surface area (Å²) < 4.78 is 33.1. The van der Waals surface area contributed by atoms with Gasteiger partial charge in [0.2, 0.25) is 10.0 Å². The first-order valence-corrected chi connectivity index (χ1v) is 12.4. The van der Waals surface area contributed by atoms with Crippen molar-refractivity contribution < 1.29 is 22.7 Å². The highest BCUT2D eigenvalue weighted by atomic mass is 32.2. The molecule has 0 aliphatic carbocycles. The van der Waals surface area contributed by atoms with Gasteiger partial charge in [0.05, 0.1) is 11.3 Å². The van der Waals surface area contributed by atoms with E-state index in [0.717, 1.165) is 28.0 Å². The van der Waals surface area contributed by atoms with Crippen molar-refractivity contribution in [1.82, 2.24) is 10.0 Å². The number of hydrogen-bond donors (Lipinski definition) is 2. The van der Waals surface area contributed by atoms with Crippen LogP contribution in [0.1, 0.15) is 39.1 Å². The number of thiophene rings is 1. The third kappa shape index (κ3) is 6.62. The highest BCUT2D eigenvalue weighted by molar-refractivity contribution is 7.89. The maximum absolute atomic E-state index is 12.8. The molecule has 1 amide bonds. The minimum Gasteiger partial charge on any atom is -0.456 e. The molecule has 0 bridgehead atoms. The molecule has 170 valence electrons. The fourth-order valence-electron chi connectivity index (χ4n) is 3.28. The minimum atomic E-state index is -3.78. The minimum absolute atomic E-state index is 0.105. The largest absolute Gasteiger partial charge is 0.456 e. The zero-order valence-electron chi connectivity index (χ0n) is 18.6. The van der Waals surface area contributed by atoms with Crippen molar-refractivity contribution in [2.75, 3.05) is 19.7 Å². The summed E-state index contributed by atoms with van der Waals surface area (Å²) in [6.07, 6.45) is 0.555. The second-order valence-corrected chi connectivity index (χ2v) is 10.2. The van der Waals surface area contributed by atoms with E-state index in [1.165, 1.54) is 0 Å². The van der Waals surface area contributed by atoms with Crippen LogP contribution in [0.4, 0.5) is 0 Å². The normalized spacial score (nSPS) is 11.4. The van der Waals surface area contributed by atoms with E-state index in [9.17, 15) is 18.0 Å². The van der Waals surface area contributed by atoms with E-state index < -0.39 is 16.0 Å². The maximum atomic E-state index is 12.8. The molecule has 1 aromatic heterocycles. The molecule has 9 heteroatoms. The van der Waals surface area contributed by atoms with Gasteiger partial charge in [0.1, 0.15) is 0 Å². The van der Waals surface area contributed by atoms with E-state index in [1.54, 1.807) is 25.2 Å². The number of amides is 1. The van der Waals surface area contributed by atoms with E-state index >= 15 is 0 Å². The van der Waals surface area contributed by atoms with Gasteiger partial charge in [-0.15, -0.1) is 11.3 Å². The smallest absolute Gasteiger partial charge is 0.307 e. The molecule has 1 aromatic carbocycles. The molecule has 0 atom stereocenters. The molecule has 1 heterocycles. The summed E-state index contributed by atoms with van der Waals surface area (Å²) in [6.45, 7) is 9.32. The van der Waals surface area contributed by atoms with E-state index in [-0.39, 0.29) is 30.4 Å². The number of esters is 1. The van der Waals surface area contributed by atoms with Crippen molar-refractivity contribution in [3.05, 3.63) is 50.2 Å². The highest BCUT2D eigenvalue weighted by Gasteiger charge is 2.23. The van der Waals surface area contributed by atoms with Crippen LogP contribution in [-0.2, 0) is 30.8 Å². The Morgan fingerprint density at radius 3 is 2.16 bits per heavy atom. The second kappa shape index (κ2) is 10.9. The molecule has 0 saturated heterocycles. The molecular formula is C22H30N2O5S2. The van der Waals surface area contributed by atoms with Gasteiger partial charge in [-0.1, -0.05) is 6.07 Å². The number of ether oxygens (including phenoxy) is 1. The third-order valence-corrected chi connectivity index (χ3v) is 8.13. The summed E-state index contributed by atoms with van der Waals surface area (Å²) >= 11 is 1.61. The lowest BCUT2D eigenvalue weighted by Gasteiger charge is -2.19. The first-order valence-electron chi connectivity index (χ1n) is 10.1. The van der Waals surface area contributed by atoms with Gasteiger partial charge in [-0.2, -0.15) is 0 Å². The topological polar surface area (TPSA) is 102 Å². The van der Waals surface area contributed by atoms with Crippen molar-refractivity contribution in [2.24, 2.45) is 0 Å². The van der Waals surface area contributed by atoms with Crippen LogP contribution in [0.5, 0.6) is 0 Å². The van der Waals surface area contributed by atoms with Crippen LogP contribution in [0, 0.1) is 34.6 Å². The van der Waals surface area contributed by atoms with Crippen LogP contribution in [0.2, 0.25) is 0 Å². The van der Waals surface area contributed by atoms with E-state index in [1.807, 2.05) is 38.3 Å². The van der Waals surface area contributed by atoms with Gasteiger partial charge in [-0.05, 0) is 80.3 Å². The van der Waals surface area contributed by atoms with Crippen molar-refractivity contribution >= 4 is 33.2 Å². The zero-order chi connectivity index (χ0) is 23.2. The number of sulfonamides is 1. The average Bonchev–Trinajstić information content (AvgIpc) is 3.22. The summed E-state index contributed by atoms with van der Waals surface area (Å²) in [7, 11) is -3.78. The molecule has 2 rings (SSSR count). The quantitative estimate of drug-likeness (QED) is 0.524. The predicted octanol–water partition coefficient (Wildman–Crippen LogP) is 2.86. The van der Waals surface area contributed by atoms with Crippen LogP contribution in [0.3, 0.4) is 0 Å². The van der Waals surface area contributed by atoms with E-state index in [0.29, 0.717) is 17.7 Å². The van der Waals surface area contributed by atoms with Gasteiger partial charge in [-0.3, -0.25) is 9.59 Å². The summed E-state index contributed by atoms with van der Waals surface area (Å²) in [6, 6.07) is 3.93. The molecule has 0 radical (unpaired) electrons. The van der Waals surface area contributed by atoms with Crippen LogP contribution >= 0.6 is 11.3 Å². The van der Waals surface area contributed by atoms with Gasteiger partial charge < -0.3 is 10.1 Å². The Balaban J connectivity index is 1.80. The maximum Gasteiger partial charge on any atom is 0.307 e. The van der Waals surface area contributed by atoms with Gasteiger partial charge in [0, 0.05) is 18.0 Å². The average molecular weight is 467 g/mol. The van der Waals surface area contributed by atoms with Crippen LogP contribution in [-0.4, -0.2) is 40.0 Å². The van der Waals surface area contributed by atoms with Crippen molar-refractivity contribution in [2.45, 2.75) is 52.4 Å². The van der Waals surface area contributed by atoms with Crippen LogP contribution in [0.15, 0.2) is 22.4 Å². The molecular weight excluding hydrogens is 436 g/mol. The Bertz CT molecular complexity index is 1020. The molecule has 2 N–H and O–H groups in total. The molecule has 0 spiro atoms. The van der Waals surface area contributed by atoms with Crippen molar-refractivity contribution in [1.29, 1.82) is 0 Å². The Kier molecular flexibility index (Phi) is 8.79. The van der Waals surface area contributed by atoms with Gasteiger partial charge in [0.15, 0.2) is 6.61 Å². The fraction of sp³-hybridized carbons (Fsp3) is 0.455. The first-order chi connectivity index (χ1) is 14.5. The number of nitrogens with one attached hydrogen (secondary N) is 2. The number of benzene rings is 1. The Morgan fingerprint density at radius 1 is 0.968 bits per heavy atom. The summed E-state index contributed by atoms with van der Waals surface area (Å²) in [5, 5.41) is 4.65. The van der Waals surface area contributed by atoms with Gasteiger partial charge in [-0.25, -0.2) is 13.1 Å². The first kappa shape index (κ1) is 25.0. The molecule has 0 unspecified atom stereocenters. The predicted molar refractivity (Wildman–Crippen MR) is 122 cm³/mol. The SMILES string of the molecule is Cc1c(C)c(C)c(S(=O)(=O)NCCC(=O)OCC(=O)NCCc2cccs2)c(C)c1C. The van der Waals surface area contributed by atoms with Gasteiger partial charge >= 0.3 is 5.97 Å². The number of carbonyl (C=O) groups is 2. The van der Waals surface area contributed by atoms with E-state index in [4.69, 9.17) is 4.74 Å². The number of carbonyl (C=O) groups excluding carboxylic acids is 2. The van der Waals surface area contributed by atoms with Crippen molar-refractivity contribution in [3.8, 4) is 0 Å². The summed E-state index contributed by atoms with van der Waals surface area (Å²) in [4.78, 5) is 25.1. The lowest BCUT2D eigenvalue weighted by molar-refractivity contribution is -0.148. The van der Waals surface area contributed by atoms with Crippen molar-refractivity contribution in [3.63, 3.8) is 0 Å². The summed E-state index contributed by atoms with van der Waals surface area (Å²) in [5.41, 5.74) is 4.36. The Labute approximate surface area is 188 Å². The fourth-order valence-corrected chi connectivity index (χ4v) is 5.61. The molecule has 0 aliphatic heterocycles. The number of rotatable bonds is 10. The summed E-state index contributed by atoms with van der Waals surface area (Å²) in [5.74, 6) is -1.02. The third-order valence-electron chi connectivity index (χ3n) is 5.46.